The number of hydrogen-bond acceptors (Lipinski definition) is 5. The maximum Gasteiger partial charge on any atom is 0.268 e. The van der Waals surface area contributed by atoms with Crippen LogP contribution in [0.4, 0.5) is 5.82 Å². The van der Waals surface area contributed by atoms with Gasteiger partial charge in [0, 0.05) is 19.3 Å². The maximum absolute atomic E-state index is 13.1. The van der Waals surface area contributed by atoms with Crippen molar-refractivity contribution in [2.45, 2.75) is 38.5 Å². The number of hydrogen-bond donors (Lipinski definition) is 0. The van der Waals surface area contributed by atoms with Crippen LogP contribution in [0.15, 0.2) is 41.4 Å². The van der Waals surface area contributed by atoms with E-state index in [1.165, 1.54) is 10.2 Å². The molecule has 144 valence electrons. The Bertz CT molecular complexity index is 1040. The van der Waals surface area contributed by atoms with Crippen molar-refractivity contribution >= 4 is 38.5 Å². The van der Waals surface area contributed by atoms with Crippen LogP contribution in [0.2, 0.25) is 5.28 Å². The fourth-order valence-electron chi connectivity index (χ4n) is 3.15. The van der Waals surface area contributed by atoms with E-state index in [1.54, 1.807) is 30.3 Å². The predicted octanol–water partition coefficient (Wildman–Crippen LogP) is 4.26. The molecule has 1 fully saturated rings. The number of aromatic nitrogens is 3. The molecule has 27 heavy (non-hydrogen) atoms. The Morgan fingerprint density at radius 3 is 2.26 bits per heavy atom. The van der Waals surface area contributed by atoms with E-state index in [0.717, 1.165) is 31.5 Å². The van der Waals surface area contributed by atoms with Crippen molar-refractivity contribution in [1.82, 2.24) is 13.9 Å². The highest BCUT2D eigenvalue weighted by molar-refractivity contribution is 7.90. The van der Waals surface area contributed by atoms with Crippen LogP contribution in [0.25, 0.3) is 11.0 Å². The van der Waals surface area contributed by atoms with Crippen molar-refractivity contribution in [3.63, 3.8) is 0 Å². The van der Waals surface area contributed by atoms with Crippen molar-refractivity contribution < 1.29 is 8.42 Å². The van der Waals surface area contributed by atoms with Crippen LogP contribution in [0, 0.1) is 6.92 Å². The van der Waals surface area contributed by atoms with Gasteiger partial charge < -0.3 is 4.90 Å². The monoisotopic (exact) mass is 406 g/mol. The van der Waals surface area contributed by atoms with Crippen LogP contribution in [0.3, 0.4) is 0 Å². The van der Waals surface area contributed by atoms with Crippen molar-refractivity contribution in [2.75, 3.05) is 18.0 Å². The number of anilines is 1. The second kappa shape index (κ2) is 7.86. The van der Waals surface area contributed by atoms with E-state index in [2.05, 4.69) is 14.9 Å². The zero-order chi connectivity index (χ0) is 19.6. The summed E-state index contributed by atoms with van der Waals surface area (Å²) in [4.78, 5) is 10.8. The molecule has 3 heterocycles. The Balaban J connectivity index is 0.00000102. The van der Waals surface area contributed by atoms with Gasteiger partial charge in [-0.3, -0.25) is 0 Å². The number of halogens is 1. The molecule has 1 aliphatic rings. The summed E-state index contributed by atoms with van der Waals surface area (Å²) in [6, 6.07) is 8.46. The first-order valence-corrected chi connectivity index (χ1v) is 10.9. The van der Waals surface area contributed by atoms with E-state index >= 15 is 0 Å². The second-order valence-electron chi connectivity index (χ2n) is 6.17. The molecule has 2 aromatic heterocycles. The third-order valence-electron chi connectivity index (χ3n) is 4.44. The number of nitrogens with zero attached hydrogens (tertiary/aromatic N) is 4. The van der Waals surface area contributed by atoms with Gasteiger partial charge in [-0.25, -0.2) is 17.4 Å². The normalized spacial score (nSPS) is 14.3. The first kappa shape index (κ1) is 19.6. The molecular weight excluding hydrogens is 384 g/mol. The summed E-state index contributed by atoms with van der Waals surface area (Å²) < 4.78 is 27.5. The van der Waals surface area contributed by atoms with Crippen LogP contribution in [0.5, 0.6) is 0 Å². The van der Waals surface area contributed by atoms with Crippen molar-refractivity contribution in [3.8, 4) is 0 Å². The third kappa shape index (κ3) is 3.66. The summed E-state index contributed by atoms with van der Waals surface area (Å²) in [5, 5.41) is 0.125. The summed E-state index contributed by atoms with van der Waals surface area (Å²) in [6.45, 7) is 7.58. The van der Waals surface area contributed by atoms with E-state index in [1.807, 2.05) is 20.8 Å². The molecule has 1 aromatic carbocycles. The number of fused-ring (bicyclic) bond motifs is 1. The van der Waals surface area contributed by atoms with Gasteiger partial charge in [0.2, 0.25) is 5.28 Å². The highest BCUT2D eigenvalue weighted by Gasteiger charge is 2.25. The lowest BCUT2D eigenvalue weighted by atomic mass is 10.2. The molecule has 1 saturated heterocycles. The van der Waals surface area contributed by atoms with Crippen LogP contribution in [0.1, 0.15) is 32.3 Å². The van der Waals surface area contributed by atoms with Gasteiger partial charge in [0.15, 0.2) is 5.82 Å². The lowest BCUT2D eigenvalue weighted by molar-refractivity contribution is 0.589. The van der Waals surface area contributed by atoms with Gasteiger partial charge in [0.25, 0.3) is 10.0 Å². The molecule has 0 atom stereocenters. The first-order valence-electron chi connectivity index (χ1n) is 9.08. The highest BCUT2D eigenvalue weighted by atomic mass is 35.5. The zero-order valence-corrected chi connectivity index (χ0v) is 17.3. The standard InChI is InChI=1S/C17H17ClN4O2S.C2H6/c1-12-4-6-13(7-5-12)25(23,24)22-11-8-14-15(22)16(20-17(18)19-14)21-9-2-3-10-21;1-2/h4-8,11H,2-3,9-10H2,1H3;1-2H3. The SMILES string of the molecule is CC.Cc1ccc(S(=O)(=O)n2ccc3nc(Cl)nc(N4CCCC4)c32)cc1. The van der Waals surface area contributed by atoms with Gasteiger partial charge in [0.1, 0.15) is 5.52 Å². The molecule has 8 heteroatoms. The molecule has 0 N–H and O–H groups in total. The average Bonchev–Trinajstić information content (AvgIpc) is 3.33. The number of rotatable bonds is 3. The molecule has 1 aliphatic heterocycles. The van der Waals surface area contributed by atoms with E-state index in [9.17, 15) is 8.42 Å². The lowest BCUT2D eigenvalue weighted by Gasteiger charge is -2.19. The number of aryl methyl sites for hydroxylation is 1. The van der Waals surface area contributed by atoms with Crippen LogP contribution in [-0.4, -0.2) is 35.4 Å². The van der Waals surface area contributed by atoms with Crippen LogP contribution >= 0.6 is 11.6 Å². The summed E-state index contributed by atoms with van der Waals surface area (Å²) in [6.07, 6.45) is 3.62. The molecule has 0 unspecified atom stereocenters. The topological polar surface area (TPSA) is 68.1 Å². The van der Waals surface area contributed by atoms with Crippen molar-refractivity contribution in [1.29, 1.82) is 0 Å². The summed E-state index contributed by atoms with van der Waals surface area (Å²) in [5.41, 5.74) is 2.01. The molecule has 0 aliphatic carbocycles. The summed E-state index contributed by atoms with van der Waals surface area (Å²) in [5.74, 6) is 0.577. The van der Waals surface area contributed by atoms with Crippen LogP contribution in [-0.2, 0) is 10.0 Å². The van der Waals surface area contributed by atoms with E-state index in [4.69, 9.17) is 11.6 Å². The Kier molecular flexibility index (Phi) is 5.72. The third-order valence-corrected chi connectivity index (χ3v) is 6.30. The van der Waals surface area contributed by atoms with Crippen molar-refractivity contribution in [3.05, 3.63) is 47.4 Å². The number of benzene rings is 1. The molecule has 0 radical (unpaired) electrons. The summed E-state index contributed by atoms with van der Waals surface area (Å²) >= 11 is 6.05. The Hall–Kier alpha value is -2.12. The largest absolute Gasteiger partial charge is 0.355 e. The highest BCUT2D eigenvalue weighted by Crippen LogP contribution is 2.31. The average molecular weight is 407 g/mol. The minimum Gasteiger partial charge on any atom is -0.355 e. The predicted molar refractivity (Wildman–Crippen MR) is 109 cm³/mol. The van der Waals surface area contributed by atoms with Crippen LogP contribution < -0.4 is 4.90 Å². The van der Waals surface area contributed by atoms with Gasteiger partial charge in [-0.05, 0) is 49.6 Å². The molecular formula is C19H23ClN4O2S. The van der Waals surface area contributed by atoms with E-state index < -0.39 is 10.0 Å². The van der Waals surface area contributed by atoms with Gasteiger partial charge in [-0.1, -0.05) is 31.5 Å². The molecule has 0 spiro atoms. The fourth-order valence-corrected chi connectivity index (χ4v) is 4.66. The molecule has 0 saturated carbocycles. The van der Waals surface area contributed by atoms with Gasteiger partial charge in [0.05, 0.1) is 10.4 Å². The lowest BCUT2D eigenvalue weighted by Crippen LogP contribution is -2.22. The summed E-state index contributed by atoms with van der Waals surface area (Å²) in [7, 11) is -3.74. The molecule has 0 bridgehead atoms. The van der Waals surface area contributed by atoms with Gasteiger partial charge in [-0.2, -0.15) is 4.98 Å². The zero-order valence-electron chi connectivity index (χ0n) is 15.7. The van der Waals surface area contributed by atoms with E-state index in [0.29, 0.717) is 16.9 Å². The minimum absolute atomic E-state index is 0.125. The van der Waals surface area contributed by atoms with Crippen molar-refractivity contribution in [2.24, 2.45) is 0 Å². The minimum atomic E-state index is -3.74. The molecule has 0 amide bonds. The Labute approximate surface area is 164 Å². The molecule has 4 rings (SSSR count). The first-order chi connectivity index (χ1) is 13.0. The quantitative estimate of drug-likeness (QED) is 0.608. The van der Waals surface area contributed by atoms with E-state index in [-0.39, 0.29) is 10.2 Å². The second-order valence-corrected chi connectivity index (χ2v) is 8.33. The van der Waals surface area contributed by atoms with Gasteiger partial charge in [-0.15, -0.1) is 0 Å². The van der Waals surface area contributed by atoms with Gasteiger partial charge >= 0.3 is 0 Å². The maximum atomic E-state index is 13.1. The molecule has 3 aromatic rings. The Morgan fingerprint density at radius 1 is 1.00 bits per heavy atom. The molecule has 6 nitrogen and oxygen atoms in total. The fraction of sp³-hybridized carbons (Fsp3) is 0.368. The Morgan fingerprint density at radius 2 is 1.63 bits per heavy atom. The smallest absolute Gasteiger partial charge is 0.268 e.